The highest BCUT2D eigenvalue weighted by Gasteiger charge is 2.34. The maximum atomic E-state index is 12.4. The third-order valence-corrected chi connectivity index (χ3v) is 5.94. The van der Waals surface area contributed by atoms with Gasteiger partial charge in [-0.2, -0.15) is 0 Å². The van der Waals surface area contributed by atoms with Crippen LogP contribution in [-0.2, 0) is 4.74 Å². The molecule has 3 aliphatic heterocycles. The van der Waals surface area contributed by atoms with Crippen molar-refractivity contribution in [3.8, 4) is 0 Å². The minimum Gasteiger partial charge on any atom is -0.381 e. The number of hydrogen-bond acceptors (Lipinski definition) is 5. The largest absolute Gasteiger partial charge is 0.381 e. The molecule has 3 aliphatic rings. The Morgan fingerprint density at radius 1 is 1.21 bits per heavy atom. The third-order valence-electron chi connectivity index (χ3n) is 5.94. The van der Waals surface area contributed by atoms with E-state index < -0.39 is 0 Å². The molecule has 0 aliphatic carbocycles. The van der Waals surface area contributed by atoms with Crippen molar-refractivity contribution < 1.29 is 19.1 Å². The average Bonchev–Trinajstić information content (AvgIpc) is 3.44. The zero-order chi connectivity index (χ0) is 19.7. The van der Waals surface area contributed by atoms with Crippen molar-refractivity contribution in [2.45, 2.75) is 25.3 Å². The van der Waals surface area contributed by atoms with Gasteiger partial charge in [0.15, 0.2) is 0 Å². The van der Waals surface area contributed by atoms with Crippen molar-refractivity contribution in [3.63, 3.8) is 0 Å². The molecule has 2 N–H and O–H groups in total. The van der Waals surface area contributed by atoms with Gasteiger partial charge in [0, 0.05) is 37.8 Å². The van der Waals surface area contributed by atoms with Crippen LogP contribution in [0.4, 0.5) is 10.5 Å². The molecule has 4 amide bonds. The van der Waals surface area contributed by atoms with E-state index in [1.165, 1.54) is 19.9 Å². The Morgan fingerprint density at radius 2 is 1.96 bits per heavy atom. The number of likely N-dealkylation sites (tertiary alicyclic amines) is 1. The second-order valence-electron chi connectivity index (χ2n) is 7.70. The standard InChI is InChI=1S/C20H26N4O4/c1-23-18(25)15-5-4-14(10-16(15)19(23)26)22-20(27)21-11-17(13-6-9-28-12-13)24-7-2-3-8-24/h4-5,10,13,17H,2-3,6-9,11-12H2,1H3,(H2,21,22,27)/t13-,17-/m0/s1. The summed E-state index contributed by atoms with van der Waals surface area (Å²) in [4.78, 5) is 40.0. The molecule has 0 aromatic heterocycles. The Kier molecular flexibility index (Phi) is 5.32. The Bertz CT molecular complexity index is 768. The van der Waals surface area contributed by atoms with Crippen molar-refractivity contribution in [1.82, 2.24) is 15.1 Å². The van der Waals surface area contributed by atoms with Crippen LogP contribution < -0.4 is 10.6 Å². The number of fused-ring (bicyclic) bond motifs is 1. The van der Waals surface area contributed by atoms with Crippen LogP contribution in [0.5, 0.6) is 0 Å². The van der Waals surface area contributed by atoms with E-state index in [9.17, 15) is 14.4 Å². The zero-order valence-corrected chi connectivity index (χ0v) is 16.1. The first-order valence-corrected chi connectivity index (χ1v) is 9.87. The molecule has 2 saturated heterocycles. The number of nitrogens with zero attached hydrogens (tertiary/aromatic N) is 2. The summed E-state index contributed by atoms with van der Waals surface area (Å²) < 4.78 is 5.55. The van der Waals surface area contributed by atoms with Crippen LogP contribution in [0.2, 0.25) is 0 Å². The van der Waals surface area contributed by atoms with Crippen LogP contribution in [0.3, 0.4) is 0 Å². The van der Waals surface area contributed by atoms with Crippen molar-refractivity contribution in [2.75, 3.05) is 45.2 Å². The third kappa shape index (κ3) is 3.62. The number of amides is 4. The topological polar surface area (TPSA) is 91.0 Å². The molecule has 0 saturated carbocycles. The average molecular weight is 386 g/mol. The molecule has 28 heavy (non-hydrogen) atoms. The molecule has 2 fully saturated rings. The van der Waals surface area contributed by atoms with Gasteiger partial charge in [0.05, 0.1) is 17.7 Å². The lowest BCUT2D eigenvalue weighted by atomic mass is 9.97. The van der Waals surface area contributed by atoms with Crippen molar-refractivity contribution >= 4 is 23.5 Å². The number of nitrogens with one attached hydrogen (secondary N) is 2. The Labute approximate surface area is 164 Å². The first-order chi connectivity index (χ1) is 13.5. The molecule has 2 atom stereocenters. The number of carbonyl (C=O) groups is 3. The monoisotopic (exact) mass is 386 g/mol. The van der Waals surface area contributed by atoms with Crippen LogP contribution in [0, 0.1) is 5.92 Å². The summed E-state index contributed by atoms with van der Waals surface area (Å²) in [5, 5.41) is 5.75. The maximum Gasteiger partial charge on any atom is 0.319 e. The van der Waals surface area contributed by atoms with Crippen molar-refractivity contribution in [1.29, 1.82) is 0 Å². The lowest BCUT2D eigenvalue weighted by Crippen LogP contribution is -2.48. The van der Waals surface area contributed by atoms with Gasteiger partial charge >= 0.3 is 6.03 Å². The van der Waals surface area contributed by atoms with Crippen molar-refractivity contribution in [3.05, 3.63) is 29.3 Å². The fourth-order valence-electron chi connectivity index (χ4n) is 4.33. The van der Waals surface area contributed by atoms with Gasteiger partial charge in [-0.3, -0.25) is 19.4 Å². The SMILES string of the molecule is CN1C(=O)c2ccc(NC(=O)NC[C@@H]([C@H]3CCOC3)N3CCCC3)cc2C1=O. The molecular formula is C20H26N4O4. The predicted octanol–water partition coefficient (Wildman–Crippen LogP) is 1.53. The lowest BCUT2D eigenvalue weighted by molar-refractivity contribution is 0.0693. The fraction of sp³-hybridized carbons (Fsp3) is 0.550. The van der Waals surface area contributed by atoms with Gasteiger partial charge in [0.1, 0.15) is 0 Å². The number of anilines is 1. The van der Waals surface area contributed by atoms with Gasteiger partial charge in [0.2, 0.25) is 0 Å². The van der Waals surface area contributed by atoms with Crippen LogP contribution in [0.15, 0.2) is 18.2 Å². The second kappa shape index (κ2) is 7.89. The summed E-state index contributed by atoms with van der Waals surface area (Å²) in [7, 11) is 1.45. The number of hydrogen-bond donors (Lipinski definition) is 2. The van der Waals surface area contributed by atoms with Gasteiger partial charge in [-0.1, -0.05) is 0 Å². The summed E-state index contributed by atoms with van der Waals surface area (Å²) in [5.74, 6) is -0.222. The summed E-state index contributed by atoms with van der Waals surface area (Å²) in [6.07, 6.45) is 3.43. The number of ether oxygens (including phenoxy) is 1. The van der Waals surface area contributed by atoms with E-state index in [0.717, 1.165) is 37.6 Å². The highest BCUT2D eigenvalue weighted by molar-refractivity contribution is 6.21. The molecule has 3 heterocycles. The van der Waals surface area contributed by atoms with Gasteiger partial charge in [-0.25, -0.2) is 4.79 Å². The highest BCUT2D eigenvalue weighted by Crippen LogP contribution is 2.26. The zero-order valence-electron chi connectivity index (χ0n) is 16.1. The Balaban J connectivity index is 1.37. The van der Waals surface area contributed by atoms with Gasteiger partial charge in [-0.05, 0) is 50.6 Å². The lowest BCUT2D eigenvalue weighted by Gasteiger charge is -2.31. The summed E-state index contributed by atoms with van der Waals surface area (Å²) >= 11 is 0. The number of imide groups is 1. The molecular weight excluding hydrogens is 360 g/mol. The Hall–Kier alpha value is -2.45. The van der Waals surface area contributed by atoms with Gasteiger partial charge in [-0.15, -0.1) is 0 Å². The highest BCUT2D eigenvalue weighted by atomic mass is 16.5. The summed E-state index contributed by atoms with van der Waals surface area (Å²) in [6, 6.07) is 4.75. The number of rotatable bonds is 5. The molecule has 0 unspecified atom stereocenters. The van der Waals surface area contributed by atoms with E-state index in [1.807, 2.05) is 0 Å². The maximum absolute atomic E-state index is 12.4. The molecule has 0 radical (unpaired) electrons. The molecule has 1 aromatic rings. The van der Waals surface area contributed by atoms with Crippen LogP contribution >= 0.6 is 0 Å². The normalized spacial score (nSPS) is 23.2. The molecule has 0 spiro atoms. The van der Waals surface area contributed by atoms with E-state index in [0.29, 0.717) is 29.3 Å². The predicted molar refractivity (Wildman–Crippen MR) is 103 cm³/mol. The summed E-state index contributed by atoms with van der Waals surface area (Å²) in [5.41, 5.74) is 1.19. The first kappa shape index (κ1) is 18.9. The van der Waals surface area contributed by atoms with Crippen LogP contribution in [0.25, 0.3) is 0 Å². The molecule has 8 heteroatoms. The summed E-state index contributed by atoms with van der Waals surface area (Å²) in [6.45, 7) is 4.24. The number of urea groups is 1. The van der Waals surface area contributed by atoms with Crippen LogP contribution in [-0.4, -0.2) is 73.6 Å². The fourth-order valence-corrected chi connectivity index (χ4v) is 4.33. The first-order valence-electron chi connectivity index (χ1n) is 9.87. The minimum absolute atomic E-state index is 0.281. The van der Waals surface area contributed by atoms with Crippen LogP contribution in [0.1, 0.15) is 40.0 Å². The van der Waals surface area contributed by atoms with E-state index in [4.69, 9.17) is 4.74 Å². The van der Waals surface area contributed by atoms with E-state index in [2.05, 4.69) is 15.5 Å². The number of benzene rings is 1. The number of carbonyl (C=O) groups excluding carboxylic acids is 3. The molecule has 4 rings (SSSR count). The smallest absolute Gasteiger partial charge is 0.319 e. The van der Waals surface area contributed by atoms with E-state index in [-0.39, 0.29) is 23.9 Å². The second-order valence-corrected chi connectivity index (χ2v) is 7.70. The molecule has 0 bridgehead atoms. The van der Waals surface area contributed by atoms with Gasteiger partial charge in [0.25, 0.3) is 11.8 Å². The Morgan fingerprint density at radius 3 is 2.68 bits per heavy atom. The molecule has 150 valence electrons. The van der Waals surface area contributed by atoms with Crippen molar-refractivity contribution in [2.24, 2.45) is 5.92 Å². The van der Waals surface area contributed by atoms with Gasteiger partial charge < -0.3 is 15.4 Å². The molecule has 8 nitrogen and oxygen atoms in total. The van der Waals surface area contributed by atoms with E-state index >= 15 is 0 Å². The minimum atomic E-state index is -0.348. The van der Waals surface area contributed by atoms with E-state index in [1.54, 1.807) is 18.2 Å². The quantitative estimate of drug-likeness (QED) is 0.749. The molecule has 1 aromatic carbocycles.